The average molecular weight is 607 g/mol. The molecule has 0 unspecified atom stereocenters. The first-order valence-electron chi connectivity index (χ1n) is 14.4. The number of fused-ring (bicyclic) bond motifs is 2. The number of carbonyl (C=O) groups is 4. The summed E-state index contributed by atoms with van der Waals surface area (Å²) in [5.74, 6) is -1.68. The highest BCUT2D eigenvalue weighted by Gasteiger charge is 2.36. The van der Waals surface area contributed by atoms with Gasteiger partial charge in [0, 0.05) is 25.8 Å². The van der Waals surface area contributed by atoms with E-state index in [0.29, 0.717) is 13.0 Å². The maximum absolute atomic E-state index is 13.6. The van der Waals surface area contributed by atoms with E-state index in [1.165, 1.54) is 6.20 Å². The number of ether oxygens (including phenoxy) is 1. The molecule has 11 nitrogen and oxygen atoms in total. The molecule has 4 rings (SSSR count). The normalized spacial score (nSPS) is 21.8. The van der Waals surface area contributed by atoms with Crippen LogP contribution in [0.3, 0.4) is 0 Å². The third-order valence-electron chi connectivity index (χ3n) is 7.37. The molecule has 1 saturated heterocycles. The van der Waals surface area contributed by atoms with Crippen molar-refractivity contribution in [1.82, 2.24) is 30.6 Å². The molecule has 43 heavy (non-hydrogen) atoms. The predicted molar refractivity (Wildman–Crippen MR) is 149 cm³/mol. The van der Waals surface area contributed by atoms with Crippen molar-refractivity contribution < 1.29 is 37.1 Å². The lowest BCUT2D eigenvalue weighted by Gasteiger charge is -2.31. The highest BCUT2D eigenvalue weighted by molar-refractivity contribution is 6.01. The van der Waals surface area contributed by atoms with Gasteiger partial charge in [-0.1, -0.05) is 26.0 Å². The molecule has 1 aromatic carbocycles. The summed E-state index contributed by atoms with van der Waals surface area (Å²) in [5.41, 5.74) is -0.839. The minimum Gasteiger partial charge on any atom is -0.491 e. The van der Waals surface area contributed by atoms with Gasteiger partial charge in [0.2, 0.25) is 17.7 Å². The van der Waals surface area contributed by atoms with Gasteiger partial charge in [0.15, 0.2) is 5.69 Å². The van der Waals surface area contributed by atoms with Crippen molar-refractivity contribution >= 4 is 23.6 Å². The van der Waals surface area contributed by atoms with Crippen molar-refractivity contribution in [2.75, 3.05) is 19.7 Å². The number of para-hydroxylation sites is 1. The second-order valence-corrected chi connectivity index (χ2v) is 11.2. The molecule has 234 valence electrons. The van der Waals surface area contributed by atoms with Crippen molar-refractivity contribution in [3.05, 3.63) is 47.8 Å². The number of hydrogen-bond acceptors (Lipinski definition) is 6. The van der Waals surface area contributed by atoms with E-state index in [0.717, 1.165) is 23.6 Å². The zero-order valence-corrected chi connectivity index (χ0v) is 24.2. The van der Waals surface area contributed by atoms with Gasteiger partial charge in [0.25, 0.3) is 5.91 Å². The fourth-order valence-corrected chi connectivity index (χ4v) is 5.26. The second-order valence-electron chi connectivity index (χ2n) is 11.2. The van der Waals surface area contributed by atoms with Crippen LogP contribution in [-0.4, -0.2) is 76.1 Å². The number of hydrogen-bond donors (Lipinski definition) is 3. The number of aromatic nitrogens is 2. The summed E-state index contributed by atoms with van der Waals surface area (Å²) >= 11 is 0. The molecule has 14 heteroatoms. The summed E-state index contributed by atoms with van der Waals surface area (Å²) < 4.78 is 45.5. The molecule has 0 saturated carbocycles. The number of nitrogens with one attached hydrogen (secondary N) is 3. The van der Waals surface area contributed by atoms with Gasteiger partial charge in [-0.3, -0.25) is 23.9 Å². The first-order valence-corrected chi connectivity index (χ1v) is 14.4. The van der Waals surface area contributed by atoms with E-state index in [1.54, 1.807) is 29.2 Å². The molecule has 0 bridgehead atoms. The number of carbonyl (C=O) groups excluding carboxylic acids is 4. The molecule has 0 radical (unpaired) electrons. The van der Waals surface area contributed by atoms with Crippen molar-refractivity contribution in [3.63, 3.8) is 0 Å². The SMILES string of the molecule is CC(C)C[C@@H]1NC(=O)C[C@@H](C(=O)NCCCn2ccc(C(F)(F)F)n2)NC(=O)c2ccccc2OC[C@H]2CCCN2C1=O. The Balaban J connectivity index is 1.49. The van der Waals surface area contributed by atoms with E-state index < -0.39 is 48.1 Å². The zero-order chi connectivity index (χ0) is 31.1. The van der Waals surface area contributed by atoms with E-state index in [9.17, 15) is 32.3 Å². The van der Waals surface area contributed by atoms with Crippen LogP contribution in [0.25, 0.3) is 0 Å². The van der Waals surface area contributed by atoms with Gasteiger partial charge in [-0.05, 0) is 49.8 Å². The lowest BCUT2D eigenvalue weighted by molar-refractivity contribution is -0.141. The lowest BCUT2D eigenvalue weighted by atomic mass is 10.0. The Morgan fingerprint density at radius 2 is 1.93 bits per heavy atom. The molecule has 4 amide bonds. The summed E-state index contributed by atoms with van der Waals surface area (Å²) in [6.07, 6.45) is -1.63. The fourth-order valence-electron chi connectivity index (χ4n) is 5.26. The van der Waals surface area contributed by atoms with E-state index in [-0.39, 0.29) is 55.3 Å². The Labute approximate surface area is 247 Å². The minimum atomic E-state index is -4.55. The Morgan fingerprint density at radius 3 is 2.65 bits per heavy atom. The molecular formula is C29H37F3N6O5. The van der Waals surface area contributed by atoms with Crippen molar-refractivity contribution in [1.29, 1.82) is 0 Å². The van der Waals surface area contributed by atoms with Crippen LogP contribution in [0.4, 0.5) is 13.2 Å². The standard InChI is InChI=1S/C29H37F3N6O5/c1-18(2)15-22-28(42)38-13-5-7-19(38)17-43-23-9-4-3-8-20(23)26(40)35-21(16-25(39)34-22)27(41)33-11-6-12-37-14-10-24(36-37)29(30,31)32/h3-4,8-10,14,18-19,21-22H,5-7,11-13,15-17H2,1-2H3,(H,33,41)(H,34,39)(H,35,40)/t19-,21+,22+/m1/s1. The van der Waals surface area contributed by atoms with E-state index in [2.05, 4.69) is 21.0 Å². The average Bonchev–Trinajstić information content (AvgIpc) is 3.62. The highest BCUT2D eigenvalue weighted by atomic mass is 19.4. The summed E-state index contributed by atoms with van der Waals surface area (Å²) in [4.78, 5) is 55.0. The van der Waals surface area contributed by atoms with Gasteiger partial charge in [-0.2, -0.15) is 18.3 Å². The Hall–Kier alpha value is -4.10. The fraction of sp³-hybridized carbons (Fsp3) is 0.552. The highest BCUT2D eigenvalue weighted by Crippen LogP contribution is 2.27. The Kier molecular flexibility index (Phi) is 10.3. The Bertz CT molecular complexity index is 1310. The topological polar surface area (TPSA) is 135 Å². The molecule has 3 heterocycles. The zero-order valence-electron chi connectivity index (χ0n) is 24.2. The summed E-state index contributed by atoms with van der Waals surface area (Å²) in [6.45, 7) is 4.74. The summed E-state index contributed by atoms with van der Waals surface area (Å²) in [6, 6.07) is 5.08. The third-order valence-corrected chi connectivity index (χ3v) is 7.37. The molecule has 1 fully saturated rings. The maximum atomic E-state index is 13.6. The number of rotatable bonds is 7. The molecule has 2 aliphatic heterocycles. The molecule has 0 spiro atoms. The van der Waals surface area contributed by atoms with Gasteiger partial charge in [-0.25, -0.2) is 0 Å². The summed E-state index contributed by atoms with van der Waals surface area (Å²) in [7, 11) is 0. The van der Waals surface area contributed by atoms with Gasteiger partial charge in [0.1, 0.15) is 24.4 Å². The quantitative estimate of drug-likeness (QED) is 0.415. The number of aryl methyl sites for hydroxylation is 1. The lowest BCUT2D eigenvalue weighted by Crippen LogP contribution is -2.54. The molecule has 3 N–H and O–H groups in total. The number of alkyl halides is 3. The van der Waals surface area contributed by atoms with Crippen LogP contribution in [0, 0.1) is 5.92 Å². The van der Waals surface area contributed by atoms with E-state index in [4.69, 9.17) is 4.74 Å². The van der Waals surface area contributed by atoms with Gasteiger partial charge < -0.3 is 25.6 Å². The van der Waals surface area contributed by atoms with Crippen LogP contribution >= 0.6 is 0 Å². The van der Waals surface area contributed by atoms with Crippen LogP contribution in [0.5, 0.6) is 5.75 Å². The first kappa shape index (κ1) is 31.8. The number of amides is 4. The molecule has 1 aromatic heterocycles. The predicted octanol–water partition coefficient (Wildman–Crippen LogP) is 2.51. The van der Waals surface area contributed by atoms with Gasteiger partial charge in [0.05, 0.1) is 18.0 Å². The smallest absolute Gasteiger partial charge is 0.435 e. The second kappa shape index (κ2) is 13.9. The molecule has 2 aromatic rings. The first-order chi connectivity index (χ1) is 20.4. The van der Waals surface area contributed by atoms with E-state index in [1.807, 2.05) is 13.8 Å². The van der Waals surface area contributed by atoms with Crippen LogP contribution in [0.1, 0.15) is 62.0 Å². The van der Waals surface area contributed by atoms with E-state index >= 15 is 0 Å². The molecular weight excluding hydrogens is 569 g/mol. The Morgan fingerprint density at radius 1 is 1.16 bits per heavy atom. The van der Waals surface area contributed by atoms with Crippen LogP contribution in [0.2, 0.25) is 0 Å². The van der Waals surface area contributed by atoms with Gasteiger partial charge >= 0.3 is 6.18 Å². The van der Waals surface area contributed by atoms with Crippen LogP contribution in [-0.2, 0) is 27.1 Å². The molecule has 3 atom stereocenters. The largest absolute Gasteiger partial charge is 0.491 e. The minimum absolute atomic E-state index is 0.0541. The number of halogens is 3. The van der Waals surface area contributed by atoms with Crippen molar-refractivity contribution in [3.8, 4) is 5.75 Å². The van der Waals surface area contributed by atoms with Crippen molar-refractivity contribution in [2.45, 2.75) is 76.8 Å². The van der Waals surface area contributed by atoms with Crippen molar-refractivity contribution in [2.24, 2.45) is 5.92 Å². The van der Waals surface area contributed by atoms with Crippen LogP contribution < -0.4 is 20.7 Å². The number of nitrogens with zero attached hydrogens (tertiary/aromatic N) is 3. The van der Waals surface area contributed by atoms with Crippen LogP contribution in [0.15, 0.2) is 36.5 Å². The number of benzene rings is 1. The third kappa shape index (κ3) is 8.48. The molecule has 2 aliphatic rings. The monoisotopic (exact) mass is 606 g/mol. The maximum Gasteiger partial charge on any atom is 0.435 e. The molecule has 0 aliphatic carbocycles. The summed E-state index contributed by atoms with van der Waals surface area (Å²) in [5, 5.41) is 11.5. The van der Waals surface area contributed by atoms with Gasteiger partial charge in [-0.15, -0.1) is 0 Å².